The van der Waals surface area contributed by atoms with Gasteiger partial charge >= 0.3 is 24.3 Å². The first-order valence-electron chi connectivity index (χ1n) is 12.3. The zero-order valence-corrected chi connectivity index (χ0v) is 20.9. The summed E-state index contributed by atoms with van der Waals surface area (Å²) in [4.78, 5) is 37.6. The predicted octanol–water partition coefficient (Wildman–Crippen LogP) is 3.76. The van der Waals surface area contributed by atoms with Crippen molar-refractivity contribution in [2.45, 2.75) is 62.8 Å². The topological polar surface area (TPSA) is 129 Å². The van der Waals surface area contributed by atoms with Gasteiger partial charge in [-0.3, -0.25) is 14.7 Å². The van der Waals surface area contributed by atoms with Crippen molar-refractivity contribution in [1.82, 2.24) is 15.2 Å². The quantitative estimate of drug-likeness (QED) is 0.468. The number of hydrogen-bond donors (Lipinski definition) is 3. The summed E-state index contributed by atoms with van der Waals surface area (Å²) in [5.74, 6) is -5.28. The summed E-state index contributed by atoms with van der Waals surface area (Å²) in [6.07, 6.45) is -5.82. The predicted molar refractivity (Wildman–Crippen MR) is 127 cm³/mol. The molecule has 220 valence electrons. The number of aliphatic carboxylic acids is 2. The second kappa shape index (κ2) is 12.8. The number of benzene rings is 1. The summed E-state index contributed by atoms with van der Waals surface area (Å²) >= 11 is 0. The molecule has 2 aliphatic heterocycles. The highest BCUT2D eigenvalue weighted by molar-refractivity contribution is 5.80. The molecule has 0 spiro atoms. The van der Waals surface area contributed by atoms with Gasteiger partial charge in [0.2, 0.25) is 5.91 Å². The Morgan fingerprint density at radius 2 is 1.55 bits per heavy atom. The van der Waals surface area contributed by atoms with Crippen LogP contribution in [-0.2, 0) is 25.7 Å². The summed E-state index contributed by atoms with van der Waals surface area (Å²) in [6, 6.07) is 13.3. The number of hydrogen-bond acceptors (Lipinski definition) is 6. The highest BCUT2D eigenvalue weighted by atomic mass is 19.4. The first kappa shape index (κ1) is 31.1. The largest absolute Gasteiger partial charge is 0.490 e. The van der Waals surface area contributed by atoms with Crippen LogP contribution < -0.4 is 5.32 Å². The normalized spacial score (nSPS) is 22.7. The number of carboxylic acid groups (broad SMARTS) is 2. The van der Waals surface area contributed by atoms with Crippen LogP contribution >= 0.6 is 0 Å². The average Bonchev–Trinajstić information content (AvgIpc) is 3.55. The number of carbonyl (C=O) groups is 3. The molecule has 5 rings (SSSR count). The Balaban J connectivity index is 0.000000263. The number of piperidine rings is 1. The van der Waals surface area contributed by atoms with Gasteiger partial charge in [0.15, 0.2) is 0 Å². The second-order valence-corrected chi connectivity index (χ2v) is 9.51. The van der Waals surface area contributed by atoms with Crippen LogP contribution in [0, 0.1) is 5.92 Å². The van der Waals surface area contributed by atoms with E-state index in [9.17, 15) is 31.1 Å². The maximum atomic E-state index is 12.6. The molecule has 1 aliphatic carbocycles. The molecule has 3 heterocycles. The van der Waals surface area contributed by atoms with Crippen molar-refractivity contribution in [2.75, 3.05) is 13.2 Å². The van der Waals surface area contributed by atoms with Crippen molar-refractivity contribution < 1.29 is 55.7 Å². The summed E-state index contributed by atoms with van der Waals surface area (Å²) < 4.78 is 69.4. The molecular formula is C25H27F6N3O6. The third-order valence-electron chi connectivity index (χ3n) is 6.42. The van der Waals surface area contributed by atoms with Crippen LogP contribution in [0.2, 0.25) is 0 Å². The van der Waals surface area contributed by atoms with Crippen LogP contribution in [0.3, 0.4) is 0 Å². The molecule has 0 bridgehead atoms. The molecule has 3 N–H and O–H groups in total. The highest BCUT2D eigenvalue weighted by Gasteiger charge is 2.43. The van der Waals surface area contributed by atoms with E-state index in [-0.39, 0.29) is 17.9 Å². The number of likely N-dealkylation sites (tertiary alicyclic amines) is 1. The minimum absolute atomic E-state index is 0.0235. The number of fused-ring (bicyclic) bond motifs is 2. The first-order valence-corrected chi connectivity index (χ1v) is 12.3. The molecule has 3 atom stereocenters. The Labute approximate surface area is 224 Å². The van der Waals surface area contributed by atoms with E-state index in [2.05, 4.69) is 34.5 Å². The number of alkyl halides is 6. The lowest BCUT2D eigenvalue weighted by atomic mass is 9.89. The summed E-state index contributed by atoms with van der Waals surface area (Å²) in [5.41, 5.74) is 2.10. The van der Waals surface area contributed by atoms with Gasteiger partial charge in [-0.25, -0.2) is 9.59 Å². The van der Waals surface area contributed by atoms with Gasteiger partial charge in [0, 0.05) is 37.2 Å². The van der Waals surface area contributed by atoms with Gasteiger partial charge in [0.1, 0.15) is 0 Å². The molecule has 2 aromatic rings. The number of pyridine rings is 1. The SMILES string of the molecule is O=C(NC1CC1)[C@H]1C[C@H]2OCC[C@H]2N(Cc2ccc3ccccc3n2)C1.O=C(O)C(F)(F)F.O=C(O)C(F)(F)F. The van der Waals surface area contributed by atoms with Gasteiger partial charge in [0.25, 0.3) is 0 Å². The van der Waals surface area contributed by atoms with E-state index >= 15 is 0 Å². The molecule has 40 heavy (non-hydrogen) atoms. The van der Waals surface area contributed by atoms with Crippen LogP contribution in [0.25, 0.3) is 10.9 Å². The van der Waals surface area contributed by atoms with E-state index in [1.54, 1.807) is 0 Å². The Hall–Kier alpha value is -3.46. The fourth-order valence-corrected chi connectivity index (χ4v) is 4.38. The van der Waals surface area contributed by atoms with E-state index in [0.29, 0.717) is 12.1 Å². The molecule has 2 saturated heterocycles. The zero-order chi connectivity index (χ0) is 29.7. The van der Waals surface area contributed by atoms with Crippen LogP contribution in [0.4, 0.5) is 26.3 Å². The maximum Gasteiger partial charge on any atom is 0.490 e. The Kier molecular flexibility index (Phi) is 9.95. The van der Waals surface area contributed by atoms with E-state index in [1.807, 2.05) is 12.1 Å². The van der Waals surface area contributed by atoms with Crippen molar-refractivity contribution in [3.63, 3.8) is 0 Å². The van der Waals surface area contributed by atoms with E-state index in [1.165, 1.54) is 5.39 Å². The lowest BCUT2D eigenvalue weighted by Gasteiger charge is -2.40. The van der Waals surface area contributed by atoms with Crippen molar-refractivity contribution in [3.8, 4) is 0 Å². The number of nitrogens with zero attached hydrogens (tertiary/aromatic N) is 2. The smallest absolute Gasteiger partial charge is 0.475 e. The third-order valence-corrected chi connectivity index (χ3v) is 6.42. The lowest BCUT2D eigenvalue weighted by molar-refractivity contribution is -0.193. The van der Waals surface area contributed by atoms with Crippen molar-refractivity contribution in [1.29, 1.82) is 0 Å². The molecule has 1 amide bonds. The number of halogens is 6. The van der Waals surface area contributed by atoms with Gasteiger partial charge in [-0.15, -0.1) is 0 Å². The molecule has 3 fully saturated rings. The van der Waals surface area contributed by atoms with Crippen molar-refractivity contribution in [3.05, 3.63) is 42.1 Å². The number of amides is 1. The summed E-state index contributed by atoms with van der Waals surface area (Å²) in [6.45, 7) is 2.38. The monoisotopic (exact) mass is 579 g/mol. The minimum Gasteiger partial charge on any atom is -0.475 e. The molecule has 1 aromatic heterocycles. The van der Waals surface area contributed by atoms with Gasteiger partial charge in [0.05, 0.1) is 23.2 Å². The number of para-hydroxylation sites is 1. The number of carbonyl (C=O) groups excluding carboxylic acids is 1. The third kappa shape index (κ3) is 9.05. The zero-order valence-electron chi connectivity index (χ0n) is 20.9. The molecule has 0 unspecified atom stereocenters. The standard InChI is InChI=1S/C21H25N3O2.2C2HF3O2/c25-21(23-16-7-8-16)15-11-20-19(9-10-26-20)24(12-15)13-17-6-5-14-3-1-2-4-18(14)22-17;2*3-2(4,5)1(6)7/h1-6,15-16,19-20H,7-13H2,(H,23,25);2*(H,6,7)/t15-,19+,20+;;/m0../s1. The van der Waals surface area contributed by atoms with Crippen LogP contribution in [0.1, 0.15) is 31.4 Å². The van der Waals surface area contributed by atoms with Gasteiger partial charge < -0.3 is 20.3 Å². The molecule has 15 heteroatoms. The van der Waals surface area contributed by atoms with Crippen molar-refractivity contribution in [2.24, 2.45) is 5.92 Å². The number of aromatic nitrogens is 1. The number of carboxylic acids is 2. The molecule has 1 saturated carbocycles. The van der Waals surface area contributed by atoms with Gasteiger partial charge in [-0.2, -0.15) is 26.3 Å². The Morgan fingerprint density at radius 1 is 0.950 bits per heavy atom. The summed E-state index contributed by atoms with van der Waals surface area (Å²) in [5, 5.41) is 18.6. The van der Waals surface area contributed by atoms with Gasteiger partial charge in [-0.05, 0) is 37.8 Å². The van der Waals surface area contributed by atoms with Crippen LogP contribution in [0.15, 0.2) is 36.4 Å². The molecule has 9 nitrogen and oxygen atoms in total. The molecule has 1 aromatic carbocycles. The number of ether oxygens (including phenoxy) is 1. The van der Waals surface area contributed by atoms with E-state index in [4.69, 9.17) is 29.5 Å². The summed E-state index contributed by atoms with van der Waals surface area (Å²) in [7, 11) is 0. The fourth-order valence-electron chi connectivity index (χ4n) is 4.38. The van der Waals surface area contributed by atoms with Gasteiger partial charge in [-0.1, -0.05) is 24.3 Å². The maximum absolute atomic E-state index is 12.6. The first-order chi connectivity index (χ1) is 18.6. The van der Waals surface area contributed by atoms with Crippen molar-refractivity contribution >= 4 is 28.7 Å². The highest BCUT2D eigenvalue weighted by Crippen LogP contribution is 2.33. The Morgan fingerprint density at radius 3 is 2.12 bits per heavy atom. The molecule has 3 aliphatic rings. The Bertz CT molecular complexity index is 1180. The van der Waals surface area contributed by atoms with Crippen LogP contribution in [-0.4, -0.2) is 81.6 Å². The fraction of sp³-hybridized carbons (Fsp3) is 0.520. The minimum atomic E-state index is -5.08. The molecular weight excluding hydrogens is 552 g/mol. The number of rotatable bonds is 4. The lowest BCUT2D eigenvalue weighted by Crippen LogP contribution is -2.52. The van der Waals surface area contributed by atoms with Crippen LogP contribution in [0.5, 0.6) is 0 Å². The number of nitrogens with one attached hydrogen (secondary N) is 1. The second-order valence-electron chi connectivity index (χ2n) is 9.51. The van der Waals surface area contributed by atoms with E-state index < -0.39 is 24.3 Å². The average molecular weight is 579 g/mol. The van der Waals surface area contributed by atoms with E-state index in [0.717, 1.165) is 56.6 Å². The molecule has 0 radical (unpaired) electrons.